The number of hydrogen-bond donors (Lipinski definition) is 5. The lowest BCUT2D eigenvalue weighted by Gasteiger charge is -2.20. The fraction of sp³-hybridized carbons (Fsp3) is 0.947. The van der Waals surface area contributed by atoms with Crippen molar-refractivity contribution in [2.45, 2.75) is 109 Å². The molecule has 0 amide bonds. The lowest BCUT2D eigenvalue weighted by molar-refractivity contribution is 0.0818. The number of nitrogens with one attached hydrogen (secondary N) is 1. The van der Waals surface area contributed by atoms with Gasteiger partial charge in [0.15, 0.2) is 0 Å². The summed E-state index contributed by atoms with van der Waals surface area (Å²) in [5.74, 6) is -0.105. The summed E-state index contributed by atoms with van der Waals surface area (Å²) in [5.41, 5.74) is 13.0. The summed E-state index contributed by atoms with van der Waals surface area (Å²) in [6.07, 6.45) is 16.9. The third-order valence-electron chi connectivity index (χ3n) is 4.62. The highest BCUT2D eigenvalue weighted by atomic mass is 16.3. The molecule has 25 heavy (non-hydrogen) atoms. The lowest BCUT2D eigenvalue weighted by Crippen LogP contribution is -2.42. The van der Waals surface area contributed by atoms with Gasteiger partial charge >= 0.3 is 0 Å². The van der Waals surface area contributed by atoms with E-state index in [9.17, 15) is 10.2 Å². The van der Waals surface area contributed by atoms with Gasteiger partial charge in [0.1, 0.15) is 0 Å². The molecule has 6 nitrogen and oxygen atoms in total. The Morgan fingerprint density at radius 3 is 1.68 bits per heavy atom. The Morgan fingerprint density at radius 2 is 1.28 bits per heavy atom. The normalized spacial score (nSPS) is 13.4. The van der Waals surface area contributed by atoms with Gasteiger partial charge in [-0.25, -0.2) is 0 Å². The Bertz CT molecular complexity index is 310. The number of rotatable bonds is 18. The fourth-order valence-corrected chi connectivity index (χ4v) is 2.98. The van der Waals surface area contributed by atoms with E-state index in [1.807, 2.05) is 0 Å². The second kappa shape index (κ2) is 17.8. The molecule has 0 aliphatic carbocycles. The summed E-state index contributed by atoms with van der Waals surface area (Å²) >= 11 is 0. The molecule has 2 atom stereocenters. The standard InChI is InChI=1S/C19H42N4O2/c1-2-3-4-5-6-7-8-9-10-11-12-13-14-15-18(25)17(16-24)22-23-19(20)21/h17-18,22,24-25H,2-16H2,1H3,(H4,20,21,23). The van der Waals surface area contributed by atoms with Gasteiger partial charge < -0.3 is 21.7 Å². The summed E-state index contributed by atoms with van der Waals surface area (Å²) in [5, 5.41) is 22.9. The molecule has 0 bridgehead atoms. The quantitative estimate of drug-likeness (QED) is 0.112. The number of guanidine groups is 1. The zero-order chi connectivity index (χ0) is 18.8. The van der Waals surface area contributed by atoms with E-state index in [1.54, 1.807) is 0 Å². The highest BCUT2D eigenvalue weighted by molar-refractivity contribution is 5.75. The molecule has 0 aromatic rings. The maximum Gasteiger partial charge on any atom is 0.208 e. The van der Waals surface area contributed by atoms with Crippen LogP contribution in [0.5, 0.6) is 0 Å². The molecule has 6 heteroatoms. The van der Waals surface area contributed by atoms with Crippen molar-refractivity contribution in [2.24, 2.45) is 16.6 Å². The summed E-state index contributed by atoms with van der Waals surface area (Å²) < 4.78 is 0. The third-order valence-corrected chi connectivity index (χ3v) is 4.62. The predicted molar refractivity (Wildman–Crippen MR) is 106 cm³/mol. The van der Waals surface area contributed by atoms with E-state index in [1.165, 1.54) is 70.6 Å². The van der Waals surface area contributed by atoms with Gasteiger partial charge in [-0.15, -0.1) is 5.10 Å². The van der Waals surface area contributed by atoms with Gasteiger partial charge in [0.05, 0.1) is 18.8 Å². The lowest BCUT2D eigenvalue weighted by atomic mass is 10.0. The molecule has 0 rings (SSSR count). The molecule has 0 aromatic heterocycles. The van der Waals surface area contributed by atoms with E-state index >= 15 is 0 Å². The van der Waals surface area contributed by atoms with E-state index < -0.39 is 12.1 Å². The van der Waals surface area contributed by atoms with Gasteiger partial charge in [-0.2, -0.15) is 0 Å². The second-order valence-corrected chi connectivity index (χ2v) is 7.05. The first-order chi connectivity index (χ1) is 12.1. The van der Waals surface area contributed by atoms with Crippen LogP contribution in [0, 0.1) is 0 Å². The van der Waals surface area contributed by atoms with Crippen LogP contribution in [-0.4, -0.2) is 34.9 Å². The third kappa shape index (κ3) is 16.2. The Labute approximate surface area is 154 Å². The number of nitrogens with zero attached hydrogens (tertiary/aromatic N) is 1. The molecule has 0 saturated heterocycles. The Balaban J connectivity index is 3.40. The Kier molecular flexibility index (Phi) is 17.1. The minimum atomic E-state index is -0.638. The van der Waals surface area contributed by atoms with Gasteiger partial charge in [0, 0.05) is 0 Å². The molecule has 2 unspecified atom stereocenters. The Morgan fingerprint density at radius 1 is 0.840 bits per heavy atom. The number of hydrazone groups is 1. The number of unbranched alkanes of at least 4 members (excludes halogenated alkanes) is 12. The predicted octanol–water partition coefficient (Wildman–Crippen LogP) is 2.97. The number of nitrogens with two attached hydrogens (primary N) is 2. The average Bonchev–Trinajstić information content (AvgIpc) is 2.59. The van der Waals surface area contributed by atoms with Crippen molar-refractivity contribution in [2.75, 3.05) is 6.61 Å². The van der Waals surface area contributed by atoms with E-state index in [2.05, 4.69) is 17.5 Å². The second-order valence-electron chi connectivity index (χ2n) is 7.05. The van der Waals surface area contributed by atoms with Crippen LogP contribution in [0.2, 0.25) is 0 Å². The van der Waals surface area contributed by atoms with Crippen molar-refractivity contribution in [1.82, 2.24) is 5.43 Å². The van der Waals surface area contributed by atoms with Crippen LogP contribution >= 0.6 is 0 Å². The summed E-state index contributed by atoms with van der Waals surface area (Å²) in [6.45, 7) is 2.06. The fourth-order valence-electron chi connectivity index (χ4n) is 2.98. The van der Waals surface area contributed by atoms with Crippen molar-refractivity contribution in [1.29, 1.82) is 0 Å². The largest absolute Gasteiger partial charge is 0.394 e. The van der Waals surface area contributed by atoms with Crippen molar-refractivity contribution in [3.63, 3.8) is 0 Å². The molecule has 0 aromatic carbocycles. The van der Waals surface area contributed by atoms with E-state index in [0.29, 0.717) is 6.42 Å². The number of aliphatic hydroxyl groups excluding tert-OH is 2. The monoisotopic (exact) mass is 358 g/mol. The number of hydrogen-bond acceptors (Lipinski definition) is 4. The van der Waals surface area contributed by atoms with Crippen molar-refractivity contribution in [3.8, 4) is 0 Å². The summed E-state index contributed by atoms with van der Waals surface area (Å²) in [6, 6.07) is -0.514. The van der Waals surface area contributed by atoms with E-state index in [-0.39, 0.29) is 12.6 Å². The van der Waals surface area contributed by atoms with Crippen molar-refractivity contribution >= 4 is 5.96 Å². The van der Waals surface area contributed by atoms with Gasteiger partial charge in [-0.3, -0.25) is 5.43 Å². The smallest absolute Gasteiger partial charge is 0.208 e. The molecule has 0 radical (unpaired) electrons. The SMILES string of the molecule is CCCCCCCCCCCCCCCC(O)C(CO)NN=C(N)N. The average molecular weight is 359 g/mol. The molecular weight excluding hydrogens is 316 g/mol. The van der Waals surface area contributed by atoms with Crippen molar-refractivity contribution < 1.29 is 10.2 Å². The molecule has 0 heterocycles. The number of aliphatic hydroxyl groups is 2. The maximum absolute atomic E-state index is 10.0. The first-order valence-electron chi connectivity index (χ1n) is 10.2. The first kappa shape index (κ1) is 24.0. The van der Waals surface area contributed by atoms with Crippen LogP contribution < -0.4 is 16.9 Å². The molecular formula is C19H42N4O2. The molecule has 0 fully saturated rings. The zero-order valence-electron chi connectivity index (χ0n) is 16.3. The Hall–Kier alpha value is -1.01. The van der Waals surface area contributed by atoms with Crippen LogP contribution in [-0.2, 0) is 0 Å². The molecule has 0 saturated carbocycles. The van der Waals surface area contributed by atoms with Gasteiger partial charge in [0.2, 0.25) is 5.96 Å². The minimum Gasteiger partial charge on any atom is -0.394 e. The summed E-state index contributed by atoms with van der Waals surface area (Å²) in [7, 11) is 0. The van der Waals surface area contributed by atoms with Gasteiger partial charge in [-0.05, 0) is 6.42 Å². The molecule has 0 aliphatic heterocycles. The highest BCUT2D eigenvalue weighted by Crippen LogP contribution is 2.14. The van der Waals surface area contributed by atoms with Gasteiger partial charge in [-0.1, -0.05) is 90.4 Å². The van der Waals surface area contributed by atoms with E-state index in [4.69, 9.17) is 11.5 Å². The summed E-state index contributed by atoms with van der Waals surface area (Å²) in [4.78, 5) is 0. The van der Waals surface area contributed by atoms with Crippen LogP contribution in [0.25, 0.3) is 0 Å². The van der Waals surface area contributed by atoms with Crippen LogP contribution in [0.15, 0.2) is 5.10 Å². The minimum absolute atomic E-state index is 0.105. The van der Waals surface area contributed by atoms with Gasteiger partial charge in [0.25, 0.3) is 0 Å². The molecule has 150 valence electrons. The first-order valence-corrected chi connectivity index (χ1v) is 10.2. The molecule has 0 aliphatic rings. The topological polar surface area (TPSA) is 117 Å². The van der Waals surface area contributed by atoms with Crippen molar-refractivity contribution in [3.05, 3.63) is 0 Å². The van der Waals surface area contributed by atoms with E-state index in [0.717, 1.165) is 12.8 Å². The molecule has 7 N–H and O–H groups in total. The maximum atomic E-state index is 10.0. The van der Waals surface area contributed by atoms with Crippen LogP contribution in [0.4, 0.5) is 0 Å². The van der Waals surface area contributed by atoms with Crippen LogP contribution in [0.1, 0.15) is 96.8 Å². The molecule has 0 spiro atoms. The van der Waals surface area contributed by atoms with Crippen LogP contribution in [0.3, 0.4) is 0 Å². The highest BCUT2D eigenvalue weighted by Gasteiger charge is 2.17. The zero-order valence-corrected chi connectivity index (χ0v) is 16.3.